The third kappa shape index (κ3) is 1.99. The topological polar surface area (TPSA) is 37.8 Å². The van der Waals surface area contributed by atoms with Crippen LogP contribution >= 0.6 is 12.4 Å². The van der Waals surface area contributed by atoms with Gasteiger partial charge in [0.2, 0.25) is 0 Å². The Balaban J connectivity index is 0.000000853. The van der Waals surface area contributed by atoms with E-state index >= 15 is 0 Å². The molecular formula is C11H16ClN3. The minimum atomic E-state index is 0. The summed E-state index contributed by atoms with van der Waals surface area (Å²) in [5.41, 5.74) is 0. The van der Waals surface area contributed by atoms with E-state index in [9.17, 15) is 0 Å². The first-order valence-corrected chi connectivity index (χ1v) is 5.41. The number of halogens is 1. The molecule has 2 heterocycles. The van der Waals surface area contributed by atoms with E-state index in [1.165, 1.54) is 25.9 Å². The molecule has 1 aliphatic heterocycles. The van der Waals surface area contributed by atoms with E-state index in [0.29, 0.717) is 5.92 Å². The van der Waals surface area contributed by atoms with Gasteiger partial charge in [0.15, 0.2) is 0 Å². The molecule has 3 atom stereocenters. The Morgan fingerprint density at radius 3 is 2.27 bits per heavy atom. The highest BCUT2D eigenvalue weighted by atomic mass is 35.5. The third-order valence-corrected chi connectivity index (χ3v) is 3.61. The van der Waals surface area contributed by atoms with Gasteiger partial charge in [-0.1, -0.05) is 0 Å². The van der Waals surface area contributed by atoms with E-state index in [4.69, 9.17) is 0 Å². The number of nitrogens with zero attached hydrogens (tertiary/aromatic N) is 2. The van der Waals surface area contributed by atoms with Gasteiger partial charge in [0.05, 0.1) is 0 Å². The highest BCUT2D eigenvalue weighted by Gasteiger charge is 2.38. The summed E-state index contributed by atoms with van der Waals surface area (Å²) in [7, 11) is 0. The highest BCUT2D eigenvalue weighted by molar-refractivity contribution is 5.85. The Kier molecular flexibility index (Phi) is 3.22. The van der Waals surface area contributed by atoms with Crippen LogP contribution in [0, 0.1) is 11.8 Å². The Labute approximate surface area is 96.1 Å². The van der Waals surface area contributed by atoms with Crippen LogP contribution in [0.15, 0.2) is 18.5 Å². The van der Waals surface area contributed by atoms with E-state index < -0.39 is 0 Å². The van der Waals surface area contributed by atoms with Crippen molar-refractivity contribution >= 4 is 12.4 Å². The van der Waals surface area contributed by atoms with Crippen LogP contribution in [0.25, 0.3) is 0 Å². The fourth-order valence-corrected chi connectivity index (χ4v) is 2.90. The van der Waals surface area contributed by atoms with Crippen molar-refractivity contribution in [2.75, 3.05) is 13.1 Å². The SMILES string of the molecule is Cl.c1cnc(C2CC3CNC[C@H]3C2)nc1. The van der Waals surface area contributed by atoms with Crippen LogP contribution in [-0.4, -0.2) is 23.1 Å². The molecule has 2 aliphatic rings. The Morgan fingerprint density at radius 2 is 1.67 bits per heavy atom. The molecule has 2 unspecified atom stereocenters. The largest absolute Gasteiger partial charge is 0.316 e. The summed E-state index contributed by atoms with van der Waals surface area (Å²) in [4.78, 5) is 8.71. The molecule has 1 N–H and O–H groups in total. The second-order valence-electron chi connectivity index (χ2n) is 4.45. The Bertz CT molecular complexity index is 305. The van der Waals surface area contributed by atoms with Crippen LogP contribution < -0.4 is 5.32 Å². The molecule has 0 radical (unpaired) electrons. The predicted molar refractivity (Wildman–Crippen MR) is 61.1 cm³/mol. The molecule has 82 valence electrons. The minimum absolute atomic E-state index is 0. The number of nitrogens with one attached hydrogen (secondary N) is 1. The van der Waals surface area contributed by atoms with Gasteiger partial charge in [-0.15, -0.1) is 12.4 Å². The molecule has 2 fully saturated rings. The van der Waals surface area contributed by atoms with Crippen LogP contribution in [0.3, 0.4) is 0 Å². The maximum atomic E-state index is 4.36. The van der Waals surface area contributed by atoms with Crippen molar-refractivity contribution in [1.29, 1.82) is 0 Å². The summed E-state index contributed by atoms with van der Waals surface area (Å²) < 4.78 is 0. The Morgan fingerprint density at radius 1 is 1.07 bits per heavy atom. The van der Waals surface area contributed by atoms with E-state index in [1.807, 2.05) is 18.5 Å². The van der Waals surface area contributed by atoms with Gasteiger partial charge < -0.3 is 5.32 Å². The van der Waals surface area contributed by atoms with E-state index in [1.54, 1.807) is 0 Å². The number of hydrogen-bond donors (Lipinski definition) is 1. The van der Waals surface area contributed by atoms with Crippen molar-refractivity contribution in [3.05, 3.63) is 24.3 Å². The number of aromatic nitrogens is 2. The van der Waals surface area contributed by atoms with Crippen molar-refractivity contribution in [3.8, 4) is 0 Å². The van der Waals surface area contributed by atoms with Crippen LogP contribution in [0.1, 0.15) is 24.6 Å². The molecule has 0 aromatic carbocycles. The lowest BCUT2D eigenvalue weighted by atomic mass is 10.0. The fraction of sp³-hybridized carbons (Fsp3) is 0.636. The molecule has 0 amide bonds. The van der Waals surface area contributed by atoms with Crippen molar-refractivity contribution in [3.63, 3.8) is 0 Å². The van der Waals surface area contributed by atoms with Crippen LogP contribution in [-0.2, 0) is 0 Å². The van der Waals surface area contributed by atoms with Gasteiger partial charge in [-0.3, -0.25) is 0 Å². The summed E-state index contributed by atoms with van der Waals surface area (Å²) in [5.74, 6) is 3.43. The smallest absolute Gasteiger partial charge is 0.131 e. The Hall–Kier alpha value is -0.670. The fourth-order valence-electron chi connectivity index (χ4n) is 2.90. The molecule has 1 aromatic heterocycles. The number of hydrogen-bond acceptors (Lipinski definition) is 3. The molecule has 15 heavy (non-hydrogen) atoms. The quantitative estimate of drug-likeness (QED) is 0.789. The van der Waals surface area contributed by atoms with E-state index in [2.05, 4.69) is 15.3 Å². The number of rotatable bonds is 1. The van der Waals surface area contributed by atoms with E-state index in [0.717, 1.165) is 17.7 Å². The second kappa shape index (κ2) is 4.45. The summed E-state index contributed by atoms with van der Waals surface area (Å²) >= 11 is 0. The molecule has 0 spiro atoms. The molecule has 0 bridgehead atoms. The average Bonchev–Trinajstić information content (AvgIpc) is 2.78. The first-order valence-electron chi connectivity index (χ1n) is 5.41. The maximum absolute atomic E-state index is 4.36. The van der Waals surface area contributed by atoms with Crippen LogP contribution in [0.2, 0.25) is 0 Å². The summed E-state index contributed by atoms with van der Waals surface area (Å²) in [6.07, 6.45) is 6.27. The highest BCUT2D eigenvalue weighted by Crippen LogP contribution is 2.42. The van der Waals surface area contributed by atoms with Crippen molar-refractivity contribution in [1.82, 2.24) is 15.3 Å². The summed E-state index contributed by atoms with van der Waals surface area (Å²) in [5, 5.41) is 3.46. The van der Waals surface area contributed by atoms with Gasteiger partial charge in [0, 0.05) is 18.3 Å². The molecule has 3 nitrogen and oxygen atoms in total. The molecule has 1 saturated carbocycles. The van der Waals surface area contributed by atoms with Gasteiger partial charge in [0.1, 0.15) is 5.82 Å². The average molecular weight is 226 g/mol. The van der Waals surface area contributed by atoms with Gasteiger partial charge in [0.25, 0.3) is 0 Å². The second-order valence-corrected chi connectivity index (χ2v) is 4.45. The van der Waals surface area contributed by atoms with Crippen molar-refractivity contribution in [2.24, 2.45) is 11.8 Å². The first-order chi connectivity index (χ1) is 6.93. The normalized spacial score (nSPS) is 33.5. The molecule has 4 heteroatoms. The van der Waals surface area contributed by atoms with Crippen LogP contribution in [0.4, 0.5) is 0 Å². The third-order valence-electron chi connectivity index (χ3n) is 3.61. The van der Waals surface area contributed by atoms with Gasteiger partial charge in [-0.2, -0.15) is 0 Å². The molecule has 1 aromatic rings. The maximum Gasteiger partial charge on any atom is 0.131 e. The molecular weight excluding hydrogens is 210 g/mol. The van der Waals surface area contributed by atoms with Crippen LogP contribution in [0.5, 0.6) is 0 Å². The lowest BCUT2D eigenvalue weighted by molar-refractivity contribution is 0.494. The molecule has 1 aliphatic carbocycles. The molecule has 3 rings (SSSR count). The van der Waals surface area contributed by atoms with Crippen molar-refractivity contribution < 1.29 is 0 Å². The monoisotopic (exact) mass is 225 g/mol. The van der Waals surface area contributed by atoms with Gasteiger partial charge >= 0.3 is 0 Å². The number of fused-ring (bicyclic) bond motifs is 1. The minimum Gasteiger partial charge on any atom is -0.316 e. The lowest BCUT2D eigenvalue weighted by Gasteiger charge is -2.08. The molecule has 1 saturated heterocycles. The summed E-state index contributed by atoms with van der Waals surface area (Å²) in [6.45, 7) is 2.40. The standard InChI is InChI=1S/C11H15N3.ClH/c1-2-13-11(14-3-1)8-4-9-6-12-7-10(9)5-8;/h1-3,8-10,12H,4-7H2;1H/t8?,9-,10?;/m1./s1. The zero-order chi connectivity index (χ0) is 9.38. The zero-order valence-electron chi connectivity index (χ0n) is 8.60. The predicted octanol–water partition coefficient (Wildman–Crippen LogP) is 1.61. The zero-order valence-corrected chi connectivity index (χ0v) is 9.41. The first kappa shape index (κ1) is 10.8. The summed E-state index contributed by atoms with van der Waals surface area (Å²) in [6, 6.07) is 1.89. The van der Waals surface area contributed by atoms with E-state index in [-0.39, 0.29) is 12.4 Å². The van der Waals surface area contributed by atoms with Crippen molar-refractivity contribution in [2.45, 2.75) is 18.8 Å². The van der Waals surface area contributed by atoms with Gasteiger partial charge in [-0.25, -0.2) is 9.97 Å². The lowest BCUT2D eigenvalue weighted by Crippen LogP contribution is -2.12. The van der Waals surface area contributed by atoms with Gasteiger partial charge in [-0.05, 0) is 43.8 Å².